The highest BCUT2D eigenvalue weighted by Crippen LogP contribution is 2.66. The second-order valence-corrected chi connectivity index (χ2v) is 10.4. The van der Waals surface area contributed by atoms with E-state index >= 15 is 0 Å². The predicted molar refractivity (Wildman–Crippen MR) is 103 cm³/mol. The molecular weight excluding hydrogens is 356 g/mol. The van der Waals surface area contributed by atoms with Crippen LogP contribution in [0.1, 0.15) is 84.5 Å². The Hall–Kier alpha value is -1.39. The first-order chi connectivity index (χ1) is 13.2. The topological polar surface area (TPSA) is 80.7 Å². The lowest BCUT2D eigenvalue weighted by Crippen LogP contribution is -2.54. The Balaban J connectivity index is 1.47. The van der Waals surface area contributed by atoms with E-state index in [1.165, 1.54) is 19.3 Å². The Morgan fingerprint density at radius 1 is 1.00 bits per heavy atom. The molecular formula is C23H34O5. The molecule has 1 N–H and O–H groups in total. The lowest BCUT2D eigenvalue weighted by molar-refractivity contribution is -0.165. The zero-order chi connectivity index (χ0) is 20.1. The molecule has 4 saturated carbocycles. The van der Waals surface area contributed by atoms with E-state index in [0.717, 1.165) is 38.5 Å². The summed E-state index contributed by atoms with van der Waals surface area (Å²) >= 11 is 0. The summed E-state index contributed by atoms with van der Waals surface area (Å²) in [7, 11) is 0. The predicted octanol–water partition coefficient (Wildman–Crippen LogP) is 4.37. The molecule has 0 bridgehead atoms. The molecule has 5 heteroatoms. The van der Waals surface area contributed by atoms with E-state index in [1.807, 2.05) is 0 Å². The fourth-order valence-corrected chi connectivity index (χ4v) is 7.62. The number of fused-ring (bicyclic) bond motifs is 5. The van der Waals surface area contributed by atoms with Gasteiger partial charge in [-0.15, -0.1) is 0 Å². The van der Waals surface area contributed by atoms with Crippen molar-refractivity contribution in [3.8, 4) is 0 Å². The largest absolute Gasteiger partial charge is 0.481 e. The van der Waals surface area contributed by atoms with Crippen LogP contribution >= 0.6 is 0 Å². The van der Waals surface area contributed by atoms with Gasteiger partial charge in [0.05, 0.1) is 12.8 Å². The van der Waals surface area contributed by atoms with Crippen LogP contribution in [0, 0.1) is 34.5 Å². The number of rotatable bonds is 4. The molecule has 0 radical (unpaired) electrons. The molecule has 0 heterocycles. The van der Waals surface area contributed by atoms with Crippen molar-refractivity contribution < 1.29 is 24.2 Å². The van der Waals surface area contributed by atoms with Crippen LogP contribution in [0.15, 0.2) is 0 Å². The summed E-state index contributed by atoms with van der Waals surface area (Å²) in [6.07, 6.45) is 8.95. The third-order valence-electron chi connectivity index (χ3n) is 9.21. The molecule has 28 heavy (non-hydrogen) atoms. The fraction of sp³-hybridized carbons (Fsp3) is 0.870. The van der Waals surface area contributed by atoms with Gasteiger partial charge in [0.15, 0.2) is 0 Å². The van der Waals surface area contributed by atoms with Crippen LogP contribution in [-0.2, 0) is 19.1 Å². The molecule has 7 atom stereocenters. The Morgan fingerprint density at radius 2 is 1.75 bits per heavy atom. The summed E-state index contributed by atoms with van der Waals surface area (Å²) in [5.74, 6) is 1.65. The SMILES string of the molecule is C[C@]12CCC3C(CC[C@@H]4CC(=O)CC[C@]34C)C1CC[C@@H]2OC(=O)CCC(=O)O. The molecule has 0 amide bonds. The molecule has 0 saturated heterocycles. The van der Waals surface area contributed by atoms with E-state index in [2.05, 4.69) is 13.8 Å². The summed E-state index contributed by atoms with van der Waals surface area (Å²) in [4.78, 5) is 34.9. The molecule has 4 aliphatic carbocycles. The zero-order valence-corrected chi connectivity index (χ0v) is 17.2. The van der Waals surface area contributed by atoms with Crippen LogP contribution in [0.4, 0.5) is 0 Å². The number of hydrogen-bond donors (Lipinski definition) is 1. The lowest BCUT2D eigenvalue weighted by Gasteiger charge is -2.60. The molecule has 0 aliphatic heterocycles. The maximum atomic E-state index is 12.2. The van der Waals surface area contributed by atoms with Crippen LogP contribution in [0.3, 0.4) is 0 Å². The van der Waals surface area contributed by atoms with Gasteiger partial charge < -0.3 is 9.84 Å². The molecule has 0 aromatic rings. The van der Waals surface area contributed by atoms with Crippen molar-refractivity contribution in [3.63, 3.8) is 0 Å². The van der Waals surface area contributed by atoms with Crippen LogP contribution in [0.2, 0.25) is 0 Å². The first kappa shape index (κ1) is 19.9. The van der Waals surface area contributed by atoms with Gasteiger partial charge in [-0.1, -0.05) is 13.8 Å². The van der Waals surface area contributed by atoms with Crippen molar-refractivity contribution in [2.24, 2.45) is 34.5 Å². The van der Waals surface area contributed by atoms with Crippen LogP contribution in [0.5, 0.6) is 0 Å². The summed E-state index contributed by atoms with van der Waals surface area (Å²) in [5, 5.41) is 8.80. The minimum absolute atomic E-state index is 0.0216. The quantitative estimate of drug-likeness (QED) is 0.721. The van der Waals surface area contributed by atoms with Gasteiger partial charge in [-0.25, -0.2) is 0 Å². The molecule has 4 aliphatic rings. The Labute approximate surface area is 167 Å². The van der Waals surface area contributed by atoms with Crippen LogP contribution < -0.4 is 0 Å². The third kappa shape index (κ3) is 3.19. The molecule has 0 spiro atoms. The monoisotopic (exact) mass is 390 g/mol. The molecule has 156 valence electrons. The minimum Gasteiger partial charge on any atom is -0.481 e. The number of ketones is 1. The normalized spacial score (nSPS) is 44.9. The maximum absolute atomic E-state index is 12.2. The summed E-state index contributed by atoms with van der Waals surface area (Å²) in [6.45, 7) is 4.75. The summed E-state index contributed by atoms with van der Waals surface area (Å²) in [6, 6.07) is 0. The summed E-state index contributed by atoms with van der Waals surface area (Å²) in [5.41, 5.74) is 0.322. The van der Waals surface area contributed by atoms with Crippen molar-refractivity contribution in [1.29, 1.82) is 0 Å². The van der Waals surface area contributed by atoms with Gasteiger partial charge in [0.1, 0.15) is 11.9 Å². The third-order valence-corrected chi connectivity index (χ3v) is 9.21. The highest BCUT2D eigenvalue weighted by molar-refractivity contribution is 5.79. The molecule has 4 fully saturated rings. The van der Waals surface area contributed by atoms with Gasteiger partial charge in [0, 0.05) is 18.3 Å². The number of carbonyl (C=O) groups is 3. The van der Waals surface area contributed by atoms with Gasteiger partial charge >= 0.3 is 11.9 Å². The van der Waals surface area contributed by atoms with Crippen molar-refractivity contribution >= 4 is 17.7 Å². The van der Waals surface area contributed by atoms with Gasteiger partial charge in [0.25, 0.3) is 0 Å². The number of carbonyl (C=O) groups excluding carboxylic acids is 2. The van der Waals surface area contributed by atoms with E-state index in [1.54, 1.807) is 0 Å². The maximum Gasteiger partial charge on any atom is 0.306 e. The fourth-order valence-electron chi connectivity index (χ4n) is 7.62. The number of carboxylic acids is 1. The number of esters is 1. The smallest absolute Gasteiger partial charge is 0.306 e. The standard InChI is InChI=1S/C23H34O5/c1-22-11-9-15(24)13-14(22)3-4-16-17-5-6-19(23(17,2)12-10-18(16)22)28-21(27)8-7-20(25)26/h14,16-19H,3-13H2,1-2H3,(H,25,26)/t14-,16?,17?,18?,19+,22+,23+/m1/s1. The van der Waals surface area contributed by atoms with Gasteiger partial charge in [-0.3, -0.25) is 14.4 Å². The van der Waals surface area contributed by atoms with Crippen molar-refractivity contribution in [2.75, 3.05) is 0 Å². The van der Waals surface area contributed by atoms with Crippen molar-refractivity contribution in [2.45, 2.75) is 90.6 Å². The Kier molecular flexibility index (Phi) is 5.08. The first-order valence-corrected chi connectivity index (χ1v) is 11.2. The lowest BCUT2D eigenvalue weighted by atomic mass is 9.45. The van der Waals surface area contributed by atoms with Crippen molar-refractivity contribution in [3.05, 3.63) is 0 Å². The number of aliphatic carboxylic acids is 1. The highest BCUT2D eigenvalue weighted by Gasteiger charge is 2.61. The van der Waals surface area contributed by atoms with Crippen LogP contribution in [-0.4, -0.2) is 28.9 Å². The van der Waals surface area contributed by atoms with Gasteiger partial charge in [-0.2, -0.15) is 0 Å². The minimum atomic E-state index is -0.955. The molecule has 3 unspecified atom stereocenters. The van der Waals surface area contributed by atoms with Gasteiger partial charge in [0.2, 0.25) is 0 Å². The molecule has 5 nitrogen and oxygen atoms in total. The average molecular weight is 391 g/mol. The van der Waals surface area contributed by atoms with E-state index < -0.39 is 5.97 Å². The van der Waals surface area contributed by atoms with Gasteiger partial charge in [-0.05, 0) is 74.0 Å². The van der Waals surface area contributed by atoms with Crippen molar-refractivity contribution in [1.82, 2.24) is 0 Å². The van der Waals surface area contributed by atoms with E-state index in [0.29, 0.717) is 34.9 Å². The van der Waals surface area contributed by atoms with Crippen LogP contribution in [0.25, 0.3) is 0 Å². The second kappa shape index (κ2) is 7.14. The summed E-state index contributed by atoms with van der Waals surface area (Å²) < 4.78 is 5.81. The van der Waals surface area contributed by atoms with E-state index in [4.69, 9.17) is 9.84 Å². The number of Topliss-reactive ketones (excluding diaryl/α,β-unsaturated/α-hetero) is 1. The first-order valence-electron chi connectivity index (χ1n) is 11.2. The number of hydrogen-bond acceptors (Lipinski definition) is 4. The molecule has 0 aromatic heterocycles. The Bertz CT molecular complexity index is 672. The molecule has 4 rings (SSSR count). The molecule has 0 aromatic carbocycles. The highest BCUT2D eigenvalue weighted by atomic mass is 16.5. The second-order valence-electron chi connectivity index (χ2n) is 10.4. The zero-order valence-electron chi connectivity index (χ0n) is 17.2. The number of carboxylic acid groups (broad SMARTS) is 1. The van der Waals surface area contributed by atoms with E-state index in [9.17, 15) is 14.4 Å². The Morgan fingerprint density at radius 3 is 2.50 bits per heavy atom. The number of ether oxygens (including phenoxy) is 1. The average Bonchev–Trinajstić information content (AvgIpc) is 2.97. The van der Waals surface area contributed by atoms with E-state index in [-0.39, 0.29) is 30.3 Å².